The van der Waals surface area contributed by atoms with E-state index in [1.165, 1.54) is 48.9 Å². The first-order chi connectivity index (χ1) is 14.6. The van der Waals surface area contributed by atoms with Crippen LogP contribution in [0.2, 0.25) is 12.1 Å². The van der Waals surface area contributed by atoms with E-state index in [0.29, 0.717) is 5.78 Å². The zero-order valence-electron chi connectivity index (χ0n) is 19.7. The summed E-state index contributed by atoms with van der Waals surface area (Å²) in [6.07, 6.45) is 10.8. The van der Waals surface area contributed by atoms with E-state index in [4.69, 9.17) is 0 Å². The number of carbonyl (C=O) groups is 1. The molecule has 0 saturated heterocycles. The Balaban J connectivity index is 2.38. The molecule has 2 unspecified atom stereocenters. The number of Topliss-reactive ketones (excluding diaryl/α,β-unsaturated/α-hetero) is 1. The summed E-state index contributed by atoms with van der Waals surface area (Å²) in [4.78, 5) is 13.8. The van der Waals surface area contributed by atoms with Crippen LogP contribution in [0, 0.1) is 5.92 Å². The smallest absolute Gasteiger partial charge is 0.136 e. The zero-order valence-corrected chi connectivity index (χ0v) is 20.7. The second-order valence-corrected chi connectivity index (χ2v) is 13.4. The van der Waals surface area contributed by atoms with Gasteiger partial charge in [-0.25, -0.2) is 0 Å². The summed E-state index contributed by atoms with van der Waals surface area (Å²) < 4.78 is 0. The largest absolute Gasteiger partial charge is 0.299 e. The van der Waals surface area contributed by atoms with Crippen molar-refractivity contribution in [3.05, 3.63) is 60.7 Å². The van der Waals surface area contributed by atoms with Crippen molar-refractivity contribution in [1.82, 2.24) is 0 Å². The Bertz CT molecular complexity index is 685. The first-order valence-electron chi connectivity index (χ1n) is 12.2. The van der Waals surface area contributed by atoms with Gasteiger partial charge in [0.05, 0.1) is 0 Å². The lowest BCUT2D eigenvalue weighted by Crippen LogP contribution is -2.61. The summed E-state index contributed by atoms with van der Waals surface area (Å²) in [6, 6.07) is 21.8. The molecule has 0 heterocycles. The van der Waals surface area contributed by atoms with Gasteiger partial charge in [-0.05, 0) is 12.8 Å². The van der Waals surface area contributed by atoms with Gasteiger partial charge in [0.2, 0.25) is 0 Å². The van der Waals surface area contributed by atoms with Crippen LogP contribution in [0.4, 0.5) is 0 Å². The van der Waals surface area contributed by atoms with Crippen molar-refractivity contribution in [1.29, 1.82) is 0 Å². The maximum absolute atomic E-state index is 13.8. The highest BCUT2D eigenvalue weighted by Gasteiger charge is 2.44. The maximum atomic E-state index is 13.8. The fourth-order valence-corrected chi connectivity index (χ4v) is 9.44. The van der Waals surface area contributed by atoms with E-state index in [-0.39, 0.29) is 11.5 Å². The maximum Gasteiger partial charge on any atom is 0.136 e. The van der Waals surface area contributed by atoms with Gasteiger partial charge in [0.15, 0.2) is 0 Å². The molecule has 0 aromatic heterocycles. The van der Waals surface area contributed by atoms with Crippen molar-refractivity contribution in [2.75, 3.05) is 0 Å². The van der Waals surface area contributed by atoms with Gasteiger partial charge in [0.25, 0.3) is 0 Å². The Morgan fingerprint density at radius 1 is 0.733 bits per heavy atom. The van der Waals surface area contributed by atoms with Crippen LogP contribution in [-0.4, -0.2) is 13.9 Å². The van der Waals surface area contributed by atoms with Crippen LogP contribution in [0.3, 0.4) is 0 Å². The monoisotopic (exact) mass is 422 g/mol. The molecule has 0 spiro atoms. The number of rotatable bonds is 14. The van der Waals surface area contributed by atoms with Crippen molar-refractivity contribution >= 4 is 24.2 Å². The fraction of sp³-hybridized carbons (Fsp3) is 0.536. The molecule has 0 N–H and O–H groups in total. The summed E-state index contributed by atoms with van der Waals surface area (Å²) in [5.41, 5.74) is 0.148. The van der Waals surface area contributed by atoms with Crippen molar-refractivity contribution in [3.63, 3.8) is 0 Å². The summed E-state index contributed by atoms with van der Waals surface area (Å²) in [7, 11) is -2.21. The number of unbranched alkanes of at least 4 members (excludes halogenated alkanes) is 5. The Hall–Kier alpha value is -1.67. The van der Waals surface area contributed by atoms with Gasteiger partial charge < -0.3 is 0 Å². The van der Waals surface area contributed by atoms with Gasteiger partial charge in [0.1, 0.15) is 13.9 Å². The molecule has 2 aromatic carbocycles. The second-order valence-electron chi connectivity index (χ2n) is 9.14. The van der Waals surface area contributed by atoms with E-state index in [1.807, 2.05) is 0 Å². The third kappa shape index (κ3) is 6.41. The predicted octanol–water partition coefficient (Wildman–Crippen LogP) is 7.01. The lowest BCUT2D eigenvalue weighted by Gasteiger charge is -2.37. The number of ketones is 1. The van der Waals surface area contributed by atoms with Crippen LogP contribution in [0.5, 0.6) is 0 Å². The number of benzene rings is 2. The second kappa shape index (κ2) is 12.9. The highest BCUT2D eigenvalue weighted by Crippen LogP contribution is 2.33. The number of carbonyl (C=O) groups excluding carboxylic acids is 1. The van der Waals surface area contributed by atoms with Crippen LogP contribution >= 0.6 is 0 Å². The van der Waals surface area contributed by atoms with Crippen LogP contribution in [0.25, 0.3) is 0 Å². The SMILES string of the molecule is CCCCCCCCC(C(=O)C(C)CCC)[Si](C)(c1ccccc1)c1ccccc1. The Morgan fingerprint density at radius 3 is 1.73 bits per heavy atom. The number of hydrogen-bond acceptors (Lipinski definition) is 1. The molecule has 0 amide bonds. The fourth-order valence-electron chi connectivity index (χ4n) is 4.90. The van der Waals surface area contributed by atoms with Gasteiger partial charge in [-0.3, -0.25) is 4.79 Å². The Kier molecular flexibility index (Phi) is 10.6. The molecule has 2 aromatic rings. The Morgan fingerprint density at radius 2 is 1.23 bits per heavy atom. The van der Waals surface area contributed by atoms with Crippen molar-refractivity contribution in [3.8, 4) is 0 Å². The molecule has 0 radical (unpaired) electrons. The minimum absolute atomic E-state index is 0.148. The molecule has 2 heteroatoms. The lowest BCUT2D eigenvalue weighted by molar-refractivity contribution is -0.122. The molecule has 30 heavy (non-hydrogen) atoms. The molecule has 0 saturated carbocycles. The van der Waals surface area contributed by atoms with E-state index < -0.39 is 8.07 Å². The molecular weight excluding hydrogens is 380 g/mol. The van der Waals surface area contributed by atoms with Crippen LogP contribution in [0.1, 0.15) is 78.6 Å². The van der Waals surface area contributed by atoms with E-state index in [0.717, 1.165) is 19.3 Å². The van der Waals surface area contributed by atoms with Crippen LogP contribution in [0.15, 0.2) is 60.7 Å². The molecule has 164 valence electrons. The molecule has 0 aliphatic carbocycles. The van der Waals surface area contributed by atoms with Gasteiger partial charge in [-0.1, -0.05) is 143 Å². The standard InChI is InChI=1S/C28H42OSi/c1-5-7-8-9-10-17-23-27(28(29)24(3)18-6-2)30(4,25-19-13-11-14-20-25)26-21-15-12-16-22-26/h11-16,19-22,24,27H,5-10,17-18,23H2,1-4H3. The highest BCUT2D eigenvalue weighted by atomic mass is 28.3. The molecule has 2 atom stereocenters. The van der Waals surface area contributed by atoms with Crippen molar-refractivity contribution in [2.24, 2.45) is 5.92 Å². The summed E-state index contributed by atoms with van der Waals surface area (Å²) in [5, 5.41) is 2.79. The van der Waals surface area contributed by atoms with E-state index >= 15 is 0 Å². The third-order valence-corrected chi connectivity index (χ3v) is 11.9. The Labute approximate surface area is 186 Å². The summed E-state index contributed by atoms with van der Waals surface area (Å²) in [6.45, 7) is 9.05. The van der Waals surface area contributed by atoms with Gasteiger partial charge >= 0.3 is 0 Å². The van der Waals surface area contributed by atoms with Crippen LogP contribution in [-0.2, 0) is 4.79 Å². The van der Waals surface area contributed by atoms with E-state index in [2.05, 4.69) is 88.0 Å². The number of hydrogen-bond donors (Lipinski definition) is 0. The molecule has 0 bridgehead atoms. The molecule has 0 fully saturated rings. The summed E-state index contributed by atoms with van der Waals surface area (Å²) in [5.74, 6) is 0.659. The first kappa shape index (κ1) is 24.6. The van der Waals surface area contributed by atoms with Crippen molar-refractivity contribution < 1.29 is 4.79 Å². The molecule has 0 aliphatic heterocycles. The van der Waals surface area contributed by atoms with Gasteiger partial charge in [-0.2, -0.15) is 0 Å². The minimum Gasteiger partial charge on any atom is -0.299 e. The van der Waals surface area contributed by atoms with Crippen molar-refractivity contribution in [2.45, 2.75) is 90.6 Å². The topological polar surface area (TPSA) is 17.1 Å². The predicted molar refractivity (Wildman–Crippen MR) is 135 cm³/mol. The molecule has 0 aliphatic rings. The normalized spacial score (nSPS) is 13.7. The van der Waals surface area contributed by atoms with Gasteiger partial charge in [0, 0.05) is 11.5 Å². The summed E-state index contributed by atoms with van der Waals surface area (Å²) >= 11 is 0. The molecule has 1 nitrogen and oxygen atoms in total. The third-order valence-electron chi connectivity index (χ3n) is 6.84. The average molecular weight is 423 g/mol. The average Bonchev–Trinajstić information content (AvgIpc) is 2.79. The molecular formula is C28H42OSi. The lowest BCUT2D eigenvalue weighted by atomic mass is 9.95. The quantitative estimate of drug-likeness (QED) is 0.236. The van der Waals surface area contributed by atoms with Gasteiger partial charge in [-0.15, -0.1) is 0 Å². The zero-order chi connectivity index (χ0) is 21.8. The highest BCUT2D eigenvalue weighted by molar-refractivity contribution is 7.04. The van der Waals surface area contributed by atoms with Crippen LogP contribution < -0.4 is 10.4 Å². The molecule has 2 rings (SSSR count). The first-order valence-corrected chi connectivity index (χ1v) is 14.8. The van der Waals surface area contributed by atoms with E-state index in [1.54, 1.807) is 0 Å². The van der Waals surface area contributed by atoms with E-state index in [9.17, 15) is 4.79 Å². The minimum atomic E-state index is -2.21.